The molecular formula is C13H19N3O. The molecule has 1 aliphatic carbocycles. The smallest absolute Gasteiger partial charge is 0.270 e. The summed E-state index contributed by atoms with van der Waals surface area (Å²) in [7, 11) is 0. The van der Waals surface area contributed by atoms with Crippen molar-refractivity contribution in [3.05, 3.63) is 24.0 Å². The number of anilines is 1. The number of hydrogen-bond donors (Lipinski definition) is 2. The van der Waals surface area contributed by atoms with Gasteiger partial charge in [-0.25, -0.2) is 4.98 Å². The van der Waals surface area contributed by atoms with Crippen LogP contribution in [0.5, 0.6) is 0 Å². The Morgan fingerprint density at radius 1 is 1.41 bits per heavy atom. The molecule has 4 nitrogen and oxygen atoms in total. The summed E-state index contributed by atoms with van der Waals surface area (Å²) >= 11 is 0. The Kier molecular flexibility index (Phi) is 3.96. The lowest BCUT2D eigenvalue weighted by Crippen LogP contribution is -2.33. The van der Waals surface area contributed by atoms with Crippen LogP contribution in [0.3, 0.4) is 0 Å². The largest absolute Gasteiger partial charge is 0.384 e. The summed E-state index contributed by atoms with van der Waals surface area (Å²) in [5.41, 5.74) is 1.45. The third kappa shape index (κ3) is 3.19. The third-order valence-electron chi connectivity index (χ3n) is 3.07. The first-order valence-electron chi connectivity index (χ1n) is 6.30. The number of rotatable bonds is 4. The Bertz CT molecular complexity index is 369. The molecule has 0 aromatic carbocycles. The van der Waals surface area contributed by atoms with Crippen molar-refractivity contribution in [2.45, 2.75) is 38.6 Å². The zero-order valence-electron chi connectivity index (χ0n) is 10.2. The van der Waals surface area contributed by atoms with Crippen LogP contribution in [0, 0.1) is 0 Å². The SMILES string of the molecule is CCNc1ccc(C(=O)NC2CCCC2)nc1. The molecule has 17 heavy (non-hydrogen) atoms. The molecule has 1 aromatic heterocycles. The van der Waals surface area contributed by atoms with E-state index in [4.69, 9.17) is 0 Å². The van der Waals surface area contributed by atoms with Gasteiger partial charge in [0.05, 0.1) is 11.9 Å². The molecule has 2 rings (SSSR count). The van der Waals surface area contributed by atoms with E-state index in [1.54, 1.807) is 12.3 Å². The molecule has 1 saturated carbocycles. The lowest BCUT2D eigenvalue weighted by molar-refractivity contribution is 0.0933. The summed E-state index contributed by atoms with van der Waals surface area (Å²) in [5.74, 6) is -0.0556. The summed E-state index contributed by atoms with van der Waals surface area (Å²) in [5, 5.41) is 6.18. The summed E-state index contributed by atoms with van der Waals surface area (Å²) in [6.45, 7) is 2.88. The average Bonchev–Trinajstić information content (AvgIpc) is 2.83. The Morgan fingerprint density at radius 2 is 2.18 bits per heavy atom. The highest BCUT2D eigenvalue weighted by Gasteiger charge is 2.18. The zero-order valence-corrected chi connectivity index (χ0v) is 10.2. The molecule has 0 atom stereocenters. The van der Waals surface area contributed by atoms with E-state index in [0.29, 0.717) is 11.7 Å². The van der Waals surface area contributed by atoms with Gasteiger partial charge in [0.2, 0.25) is 0 Å². The lowest BCUT2D eigenvalue weighted by Gasteiger charge is -2.11. The van der Waals surface area contributed by atoms with Crippen LogP contribution in [0.2, 0.25) is 0 Å². The van der Waals surface area contributed by atoms with Crippen LogP contribution in [0.4, 0.5) is 5.69 Å². The number of hydrogen-bond acceptors (Lipinski definition) is 3. The van der Waals surface area contributed by atoms with E-state index in [1.807, 2.05) is 13.0 Å². The van der Waals surface area contributed by atoms with E-state index in [9.17, 15) is 4.79 Å². The molecule has 4 heteroatoms. The van der Waals surface area contributed by atoms with Gasteiger partial charge in [-0.05, 0) is 31.9 Å². The summed E-state index contributed by atoms with van der Waals surface area (Å²) in [6.07, 6.45) is 6.34. The maximum absolute atomic E-state index is 11.9. The molecule has 1 aromatic rings. The van der Waals surface area contributed by atoms with Gasteiger partial charge in [-0.3, -0.25) is 4.79 Å². The molecule has 1 fully saturated rings. The van der Waals surface area contributed by atoms with Crippen molar-refractivity contribution >= 4 is 11.6 Å². The number of carbonyl (C=O) groups is 1. The van der Waals surface area contributed by atoms with Crippen LogP contribution < -0.4 is 10.6 Å². The van der Waals surface area contributed by atoms with Crippen molar-refractivity contribution < 1.29 is 4.79 Å². The molecule has 0 unspecified atom stereocenters. The number of amides is 1. The molecule has 0 radical (unpaired) electrons. The van der Waals surface area contributed by atoms with Crippen LogP contribution in [0.1, 0.15) is 43.1 Å². The van der Waals surface area contributed by atoms with E-state index in [-0.39, 0.29) is 5.91 Å². The van der Waals surface area contributed by atoms with Crippen molar-refractivity contribution in [3.8, 4) is 0 Å². The number of nitrogens with one attached hydrogen (secondary N) is 2. The highest BCUT2D eigenvalue weighted by Crippen LogP contribution is 2.18. The lowest BCUT2D eigenvalue weighted by atomic mass is 10.2. The molecule has 0 spiro atoms. The van der Waals surface area contributed by atoms with Gasteiger partial charge in [0.15, 0.2) is 0 Å². The molecule has 0 aliphatic heterocycles. The van der Waals surface area contributed by atoms with Crippen molar-refractivity contribution in [2.24, 2.45) is 0 Å². The first-order valence-corrected chi connectivity index (χ1v) is 6.30. The minimum absolute atomic E-state index is 0.0556. The number of carbonyl (C=O) groups excluding carboxylic acids is 1. The van der Waals surface area contributed by atoms with Crippen molar-refractivity contribution in [1.82, 2.24) is 10.3 Å². The molecule has 1 heterocycles. The number of pyridine rings is 1. The highest BCUT2D eigenvalue weighted by molar-refractivity contribution is 5.92. The Hall–Kier alpha value is -1.58. The van der Waals surface area contributed by atoms with Gasteiger partial charge >= 0.3 is 0 Å². The van der Waals surface area contributed by atoms with Crippen molar-refractivity contribution in [1.29, 1.82) is 0 Å². The van der Waals surface area contributed by atoms with E-state index >= 15 is 0 Å². The van der Waals surface area contributed by atoms with E-state index in [0.717, 1.165) is 25.1 Å². The first-order chi connectivity index (χ1) is 8.29. The second-order valence-electron chi connectivity index (χ2n) is 4.42. The summed E-state index contributed by atoms with van der Waals surface area (Å²) in [6, 6.07) is 4.00. The standard InChI is InChI=1S/C13H19N3O/c1-2-14-11-7-8-12(15-9-11)13(17)16-10-5-3-4-6-10/h7-10,14H,2-6H2,1H3,(H,16,17). The molecule has 0 saturated heterocycles. The monoisotopic (exact) mass is 233 g/mol. The van der Waals surface area contributed by atoms with Gasteiger partial charge in [0.1, 0.15) is 5.69 Å². The molecule has 1 aliphatic rings. The molecular weight excluding hydrogens is 214 g/mol. The Morgan fingerprint density at radius 3 is 2.76 bits per heavy atom. The Balaban J connectivity index is 1.93. The molecule has 92 valence electrons. The maximum atomic E-state index is 11.9. The van der Waals surface area contributed by atoms with Crippen molar-refractivity contribution in [2.75, 3.05) is 11.9 Å². The van der Waals surface area contributed by atoms with Gasteiger partial charge < -0.3 is 10.6 Å². The molecule has 2 N–H and O–H groups in total. The zero-order chi connectivity index (χ0) is 12.1. The highest BCUT2D eigenvalue weighted by atomic mass is 16.1. The number of nitrogens with zero attached hydrogens (tertiary/aromatic N) is 1. The first kappa shape index (κ1) is 11.9. The normalized spacial score (nSPS) is 15.8. The van der Waals surface area contributed by atoms with Gasteiger partial charge in [-0.1, -0.05) is 12.8 Å². The predicted molar refractivity (Wildman–Crippen MR) is 68.1 cm³/mol. The van der Waals surface area contributed by atoms with Crippen LogP contribution >= 0.6 is 0 Å². The Labute approximate surface area is 102 Å². The average molecular weight is 233 g/mol. The second kappa shape index (κ2) is 5.66. The van der Waals surface area contributed by atoms with Crippen molar-refractivity contribution in [3.63, 3.8) is 0 Å². The van der Waals surface area contributed by atoms with E-state index < -0.39 is 0 Å². The number of aromatic nitrogens is 1. The fourth-order valence-electron chi connectivity index (χ4n) is 2.17. The van der Waals surface area contributed by atoms with Gasteiger partial charge in [-0.15, -0.1) is 0 Å². The van der Waals surface area contributed by atoms with E-state index in [2.05, 4.69) is 15.6 Å². The van der Waals surface area contributed by atoms with Gasteiger partial charge in [0.25, 0.3) is 5.91 Å². The molecule has 1 amide bonds. The third-order valence-corrected chi connectivity index (χ3v) is 3.07. The topological polar surface area (TPSA) is 54.0 Å². The fraction of sp³-hybridized carbons (Fsp3) is 0.538. The molecule has 0 bridgehead atoms. The van der Waals surface area contributed by atoms with Gasteiger partial charge in [-0.2, -0.15) is 0 Å². The minimum Gasteiger partial charge on any atom is -0.384 e. The summed E-state index contributed by atoms with van der Waals surface area (Å²) in [4.78, 5) is 16.0. The van der Waals surface area contributed by atoms with Crippen LogP contribution in [-0.2, 0) is 0 Å². The summed E-state index contributed by atoms with van der Waals surface area (Å²) < 4.78 is 0. The second-order valence-corrected chi connectivity index (χ2v) is 4.42. The van der Waals surface area contributed by atoms with E-state index in [1.165, 1.54) is 12.8 Å². The fourth-order valence-corrected chi connectivity index (χ4v) is 2.17. The maximum Gasteiger partial charge on any atom is 0.270 e. The minimum atomic E-state index is -0.0556. The van der Waals surface area contributed by atoms with Crippen LogP contribution in [0.25, 0.3) is 0 Å². The van der Waals surface area contributed by atoms with Gasteiger partial charge in [0, 0.05) is 12.6 Å². The van der Waals surface area contributed by atoms with Crippen LogP contribution in [0.15, 0.2) is 18.3 Å². The quantitative estimate of drug-likeness (QED) is 0.838. The predicted octanol–water partition coefficient (Wildman–Crippen LogP) is 2.19. The van der Waals surface area contributed by atoms with Crippen LogP contribution in [-0.4, -0.2) is 23.5 Å².